The van der Waals surface area contributed by atoms with Crippen molar-refractivity contribution in [1.82, 2.24) is 0 Å². The van der Waals surface area contributed by atoms with Crippen LogP contribution in [0.4, 0.5) is 15.8 Å². The Morgan fingerprint density at radius 1 is 0.886 bits per heavy atom. The number of esters is 1. The molecule has 0 spiro atoms. The van der Waals surface area contributed by atoms with Gasteiger partial charge in [-0.3, -0.25) is 9.52 Å². The Balaban J connectivity index is 1.49. The second kappa shape index (κ2) is 12.0. The molecule has 0 aliphatic heterocycles. The van der Waals surface area contributed by atoms with Gasteiger partial charge in [0, 0.05) is 11.4 Å². The predicted octanol–water partition coefficient (Wildman–Crippen LogP) is 4.60. The van der Waals surface area contributed by atoms with E-state index < -0.39 is 27.7 Å². The molecular formula is C25H25FN2O6S. The standard InChI is InChI=1S/C25H25FN2O6S/c1-2-3-16-33-25(30)18-4-8-20(9-5-18)27-24(29)17-34-22-12-14-23(15-13-22)35(31,32)28-21-10-6-19(26)7-11-21/h4-15,28H,2-3,16-17H2,1H3,(H,27,29). The zero-order valence-corrected chi connectivity index (χ0v) is 19.8. The molecule has 0 aliphatic rings. The first kappa shape index (κ1) is 25.7. The van der Waals surface area contributed by atoms with Gasteiger partial charge in [-0.2, -0.15) is 0 Å². The van der Waals surface area contributed by atoms with E-state index >= 15 is 0 Å². The van der Waals surface area contributed by atoms with Gasteiger partial charge in [0.05, 0.1) is 17.1 Å². The van der Waals surface area contributed by atoms with E-state index in [0.717, 1.165) is 25.0 Å². The Morgan fingerprint density at radius 3 is 2.14 bits per heavy atom. The lowest BCUT2D eigenvalue weighted by molar-refractivity contribution is -0.118. The van der Waals surface area contributed by atoms with Crippen LogP contribution in [0.2, 0.25) is 0 Å². The molecule has 1 amide bonds. The van der Waals surface area contributed by atoms with Crippen molar-refractivity contribution in [2.75, 3.05) is 23.3 Å². The van der Waals surface area contributed by atoms with Crippen molar-refractivity contribution in [2.24, 2.45) is 0 Å². The topological polar surface area (TPSA) is 111 Å². The zero-order valence-electron chi connectivity index (χ0n) is 19.0. The smallest absolute Gasteiger partial charge is 0.338 e. The average molecular weight is 501 g/mol. The number of amides is 1. The Kier molecular flexibility index (Phi) is 8.80. The number of anilines is 2. The summed E-state index contributed by atoms with van der Waals surface area (Å²) in [5.74, 6) is -1.03. The number of rotatable bonds is 11. The number of hydrogen-bond acceptors (Lipinski definition) is 6. The maximum atomic E-state index is 13.0. The van der Waals surface area contributed by atoms with E-state index in [2.05, 4.69) is 10.0 Å². The van der Waals surface area contributed by atoms with Crippen LogP contribution in [0.5, 0.6) is 5.75 Å². The molecule has 0 aliphatic carbocycles. The largest absolute Gasteiger partial charge is 0.484 e. The van der Waals surface area contributed by atoms with Crippen molar-refractivity contribution in [3.8, 4) is 5.75 Å². The number of halogens is 1. The number of sulfonamides is 1. The summed E-state index contributed by atoms with van der Waals surface area (Å²) in [7, 11) is -3.87. The van der Waals surface area contributed by atoms with Crippen molar-refractivity contribution >= 4 is 33.3 Å². The van der Waals surface area contributed by atoms with Crippen molar-refractivity contribution in [1.29, 1.82) is 0 Å². The van der Waals surface area contributed by atoms with Gasteiger partial charge >= 0.3 is 5.97 Å². The van der Waals surface area contributed by atoms with Crippen LogP contribution < -0.4 is 14.8 Å². The van der Waals surface area contributed by atoms with Crippen LogP contribution in [-0.4, -0.2) is 33.5 Å². The Morgan fingerprint density at radius 2 is 1.51 bits per heavy atom. The molecule has 0 atom stereocenters. The lowest BCUT2D eigenvalue weighted by atomic mass is 10.2. The second-order valence-corrected chi connectivity index (χ2v) is 9.17. The number of unbranched alkanes of at least 4 members (excludes halogenated alkanes) is 1. The van der Waals surface area contributed by atoms with Crippen LogP contribution >= 0.6 is 0 Å². The Hall–Kier alpha value is -3.92. The summed E-state index contributed by atoms with van der Waals surface area (Å²) < 4.78 is 50.8. The van der Waals surface area contributed by atoms with Gasteiger partial charge in [0.25, 0.3) is 15.9 Å². The van der Waals surface area contributed by atoms with Gasteiger partial charge in [0.1, 0.15) is 11.6 Å². The molecule has 3 aromatic carbocycles. The van der Waals surface area contributed by atoms with E-state index in [1.54, 1.807) is 24.3 Å². The number of carbonyl (C=O) groups is 2. The average Bonchev–Trinajstić information content (AvgIpc) is 2.85. The normalized spacial score (nSPS) is 10.9. The van der Waals surface area contributed by atoms with Gasteiger partial charge in [0.2, 0.25) is 0 Å². The number of carbonyl (C=O) groups excluding carboxylic acids is 2. The fourth-order valence-corrected chi connectivity index (χ4v) is 3.93. The molecule has 0 radical (unpaired) electrons. The number of benzene rings is 3. The molecule has 2 N–H and O–H groups in total. The lowest BCUT2D eigenvalue weighted by Gasteiger charge is -2.10. The fourth-order valence-electron chi connectivity index (χ4n) is 2.88. The molecule has 3 aromatic rings. The highest BCUT2D eigenvalue weighted by Crippen LogP contribution is 2.20. The molecule has 0 saturated carbocycles. The van der Waals surface area contributed by atoms with Gasteiger partial charge in [-0.1, -0.05) is 13.3 Å². The quantitative estimate of drug-likeness (QED) is 0.294. The minimum Gasteiger partial charge on any atom is -0.484 e. The van der Waals surface area contributed by atoms with Crippen molar-refractivity contribution < 1.29 is 31.9 Å². The van der Waals surface area contributed by atoms with E-state index in [1.165, 1.54) is 36.4 Å². The van der Waals surface area contributed by atoms with Gasteiger partial charge < -0.3 is 14.8 Å². The van der Waals surface area contributed by atoms with Crippen LogP contribution in [-0.2, 0) is 19.6 Å². The van der Waals surface area contributed by atoms with Crippen molar-refractivity contribution in [3.05, 3.63) is 84.2 Å². The lowest BCUT2D eigenvalue weighted by Crippen LogP contribution is -2.20. The number of ether oxygens (including phenoxy) is 2. The summed E-state index contributed by atoms with van der Waals surface area (Å²) >= 11 is 0. The molecule has 0 heterocycles. The Bertz CT molecular complexity index is 1240. The monoisotopic (exact) mass is 500 g/mol. The highest BCUT2D eigenvalue weighted by molar-refractivity contribution is 7.92. The number of nitrogens with one attached hydrogen (secondary N) is 2. The van der Waals surface area contributed by atoms with Crippen molar-refractivity contribution in [3.63, 3.8) is 0 Å². The van der Waals surface area contributed by atoms with Gasteiger partial charge in [0.15, 0.2) is 6.61 Å². The van der Waals surface area contributed by atoms with Crippen molar-refractivity contribution in [2.45, 2.75) is 24.7 Å². The van der Waals surface area contributed by atoms with Crippen LogP contribution in [0.1, 0.15) is 30.1 Å². The van der Waals surface area contributed by atoms with Crippen LogP contribution in [0.3, 0.4) is 0 Å². The summed E-state index contributed by atoms with van der Waals surface area (Å²) in [6.07, 6.45) is 1.73. The van der Waals surface area contributed by atoms with E-state index in [4.69, 9.17) is 9.47 Å². The van der Waals surface area contributed by atoms with Crippen LogP contribution in [0.15, 0.2) is 77.7 Å². The highest BCUT2D eigenvalue weighted by Gasteiger charge is 2.15. The SMILES string of the molecule is CCCCOC(=O)c1ccc(NC(=O)COc2ccc(S(=O)(=O)Nc3ccc(F)cc3)cc2)cc1. The first-order chi connectivity index (χ1) is 16.8. The summed E-state index contributed by atoms with van der Waals surface area (Å²) in [6, 6.07) is 16.7. The predicted molar refractivity (Wildman–Crippen MR) is 129 cm³/mol. The molecule has 0 saturated heterocycles. The van der Waals surface area contributed by atoms with E-state index in [1.807, 2.05) is 6.92 Å². The third kappa shape index (κ3) is 7.82. The second-order valence-electron chi connectivity index (χ2n) is 7.49. The molecule has 0 unspecified atom stereocenters. The van der Waals surface area contributed by atoms with E-state index in [9.17, 15) is 22.4 Å². The number of hydrogen-bond donors (Lipinski definition) is 2. The maximum Gasteiger partial charge on any atom is 0.338 e. The zero-order chi connectivity index (χ0) is 25.3. The summed E-state index contributed by atoms with van der Waals surface area (Å²) in [5.41, 5.74) is 1.10. The summed E-state index contributed by atoms with van der Waals surface area (Å²) in [5, 5.41) is 2.65. The first-order valence-electron chi connectivity index (χ1n) is 10.8. The van der Waals surface area contributed by atoms with Crippen LogP contribution in [0.25, 0.3) is 0 Å². The first-order valence-corrected chi connectivity index (χ1v) is 12.3. The molecule has 0 aromatic heterocycles. The highest BCUT2D eigenvalue weighted by atomic mass is 32.2. The minimum atomic E-state index is -3.87. The molecule has 3 rings (SSSR count). The molecule has 0 fully saturated rings. The Labute approximate surface area is 203 Å². The molecule has 8 nitrogen and oxygen atoms in total. The van der Waals surface area contributed by atoms with Crippen LogP contribution in [0, 0.1) is 5.82 Å². The molecule has 35 heavy (non-hydrogen) atoms. The molecule has 0 bridgehead atoms. The van der Waals surface area contributed by atoms with Gasteiger partial charge in [-0.05, 0) is 79.2 Å². The molecule has 184 valence electrons. The molecule has 10 heteroatoms. The third-order valence-corrected chi connectivity index (χ3v) is 6.13. The third-order valence-electron chi connectivity index (χ3n) is 4.74. The fraction of sp³-hybridized carbons (Fsp3) is 0.200. The van der Waals surface area contributed by atoms with Gasteiger partial charge in [-0.15, -0.1) is 0 Å². The summed E-state index contributed by atoms with van der Waals surface area (Å²) in [6.45, 7) is 2.06. The molecular weight excluding hydrogens is 475 g/mol. The maximum absolute atomic E-state index is 13.0. The summed E-state index contributed by atoms with van der Waals surface area (Å²) in [4.78, 5) is 24.1. The van der Waals surface area contributed by atoms with Gasteiger partial charge in [-0.25, -0.2) is 17.6 Å². The van der Waals surface area contributed by atoms with E-state index in [0.29, 0.717) is 23.6 Å². The minimum absolute atomic E-state index is 0.0214. The van der Waals surface area contributed by atoms with E-state index in [-0.39, 0.29) is 17.2 Å².